The molecule has 1 aliphatic rings. The highest BCUT2D eigenvalue weighted by atomic mass is 16.5. The van der Waals surface area contributed by atoms with Crippen LogP contribution in [-0.2, 0) is 0 Å². The average molecular weight is 266 g/mol. The Morgan fingerprint density at radius 1 is 1.26 bits per heavy atom. The number of ether oxygens (including phenoxy) is 1. The fraction of sp³-hybridized carbons (Fsp3) is 0.600. The summed E-state index contributed by atoms with van der Waals surface area (Å²) in [6.45, 7) is 2.96. The molecule has 0 unspecified atom stereocenters. The summed E-state index contributed by atoms with van der Waals surface area (Å²) in [5.41, 5.74) is 6.93. The maximum atomic E-state index is 10.2. The van der Waals surface area contributed by atoms with Gasteiger partial charge in [-0.3, -0.25) is 0 Å². The zero-order chi connectivity index (χ0) is 13.0. The standard InChI is InChI=1S/C14H22N2O2.CH4/c1-18-12-6-4-11(5-7-12)14(17)13(15)10-16-8-2-3-9-16;/h4-7,13-14,17H,2-3,8-10,15H2,1H3;1H4/t13-,14-;/m0./s1. The SMILES string of the molecule is C.COc1ccc([C@H](O)[C@@H](N)CN2CCCC2)cc1. The largest absolute Gasteiger partial charge is 0.497 e. The summed E-state index contributed by atoms with van der Waals surface area (Å²) in [6.07, 6.45) is 1.87. The smallest absolute Gasteiger partial charge is 0.118 e. The van der Waals surface area contributed by atoms with Gasteiger partial charge in [-0.15, -0.1) is 0 Å². The number of aliphatic hydroxyl groups excluding tert-OH is 1. The molecule has 108 valence electrons. The Morgan fingerprint density at radius 3 is 2.37 bits per heavy atom. The lowest BCUT2D eigenvalue weighted by Gasteiger charge is -2.24. The Kier molecular flexibility index (Phi) is 6.28. The van der Waals surface area contributed by atoms with Crippen molar-refractivity contribution in [2.75, 3.05) is 26.7 Å². The van der Waals surface area contributed by atoms with Gasteiger partial charge in [0.15, 0.2) is 0 Å². The first kappa shape index (κ1) is 16.0. The van der Waals surface area contributed by atoms with Gasteiger partial charge in [0, 0.05) is 12.6 Å². The van der Waals surface area contributed by atoms with E-state index in [-0.39, 0.29) is 13.5 Å². The van der Waals surface area contributed by atoms with Gasteiger partial charge >= 0.3 is 0 Å². The monoisotopic (exact) mass is 266 g/mol. The van der Waals surface area contributed by atoms with Crippen LogP contribution in [-0.4, -0.2) is 42.8 Å². The summed E-state index contributed by atoms with van der Waals surface area (Å²) < 4.78 is 5.10. The van der Waals surface area contributed by atoms with Gasteiger partial charge in [-0.1, -0.05) is 19.6 Å². The number of likely N-dealkylation sites (tertiary alicyclic amines) is 1. The minimum absolute atomic E-state index is 0. The molecule has 1 heterocycles. The van der Waals surface area contributed by atoms with Gasteiger partial charge in [0.05, 0.1) is 13.2 Å². The molecule has 0 aromatic heterocycles. The molecule has 2 rings (SSSR count). The number of nitrogens with zero attached hydrogens (tertiary/aromatic N) is 1. The topological polar surface area (TPSA) is 58.7 Å². The van der Waals surface area contributed by atoms with Crippen molar-refractivity contribution in [1.82, 2.24) is 4.90 Å². The van der Waals surface area contributed by atoms with Crippen molar-refractivity contribution < 1.29 is 9.84 Å². The molecule has 0 aliphatic carbocycles. The Balaban J connectivity index is 0.00000180. The van der Waals surface area contributed by atoms with Crippen molar-refractivity contribution in [2.24, 2.45) is 5.73 Å². The first-order valence-electron chi connectivity index (χ1n) is 6.50. The van der Waals surface area contributed by atoms with Gasteiger partial charge in [0.2, 0.25) is 0 Å². The molecule has 4 nitrogen and oxygen atoms in total. The molecule has 4 heteroatoms. The second-order valence-corrected chi connectivity index (χ2v) is 4.89. The van der Waals surface area contributed by atoms with Crippen LogP contribution in [0.1, 0.15) is 31.9 Å². The average Bonchev–Trinajstić information content (AvgIpc) is 2.91. The summed E-state index contributed by atoms with van der Waals surface area (Å²) in [6, 6.07) is 7.19. The first-order valence-corrected chi connectivity index (χ1v) is 6.50. The Labute approximate surface area is 116 Å². The van der Waals surface area contributed by atoms with E-state index in [0.29, 0.717) is 0 Å². The van der Waals surface area contributed by atoms with E-state index in [9.17, 15) is 5.11 Å². The number of methoxy groups -OCH3 is 1. The molecule has 3 N–H and O–H groups in total. The summed E-state index contributed by atoms with van der Waals surface area (Å²) in [5.74, 6) is 0.791. The Morgan fingerprint density at radius 2 is 1.84 bits per heavy atom. The third kappa shape index (κ3) is 4.20. The van der Waals surface area contributed by atoms with E-state index in [2.05, 4.69) is 4.90 Å². The van der Waals surface area contributed by atoms with Crippen molar-refractivity contribution in [3.63, 3.8) is 0 Å². The van der Waals surface area contributed by atoms with Crippen LogP contribution in [0, 0.1) is 0 Å². The van der Waals surface area contributed by atoms with E-state index in [0.717, 1.165) is 30.9 Å². The van der Waals surface area contributed by atoms with Crippen LogP contribution in [0.5, 0.6) is 5.75 Å². The molecule has 1 aromatic rings. The molecule has 1 fully saturated rings. The molecule has 2 atom stereocenters. The summed E-state index contributed by atoms with van der Waals surface area (Å²) in [7, 11) is 1.63. The minimum Gasteiger partial charge on any atom is -0.497 e. The van der Waals surface area contributed by atoms with Crippen molar-refractivity contribution in [3.05, 3.63) is 29.8 Å². The predicted molar refractivity (Wildman–Crippen MR) is 78.3 cm³/mol. The third-order valence-electron chi connectivity index (χ3n) is 3.53. The Hall–Kier alpha value is -1.10. The van der Waals surface area contributed by atoms with E-state index in [4.69, 9.17) is 10.5 Å². The van der Waals surface area contributed by atoms with E-state index in [1.165, 1.54) is 12.8 Å². The molecule has 1 aliphatic heterocycles. The molecular formula is C15H26N2O2. The first-order chi connectivity index (χ1) is 8.70. The van der Waals surface area contributed by atoms with Gasteiger partial charge < -0.3 is 20.5 Å². The quantitative estimate of drug-likeness (QED) is 0.853. The maximum absolute atomic E-state index is 10.2. The van der Waals surface area contributed by atoms with Crippen LogP contribution >= 0.6 is 0 Å². The highest BCUT2D eigenvalue weighted by Crippen LogP contribution is 2.20. The molecule has 1 aromatic carbocycles. The highest BCUT2D eigenvalue weighted by Gasteiger charge is 2.21. The number of aliphatic hydroxyl groups is 1. The third-order valence-corrected chi connectivity index (χ3v) is 3.53. The van der Waals surface area contributed by atoms with Crippen LogP contribution in [0.4, 0.5) is 0 Å². The van der Waals surface area contributed by atoms with Crippen LogP contribution in [0.3, 0.4) is 0 Å². The number of rotatable bonds is 5. The zero-order valence-corrected chi connectivity index (χ0v) is 10.9. The normalized spacial score (nSPS) is 18.7. The van der Waals surface area contributed by atoms with Gasteiger partial charge in [-0.2, -0.15) is 0 Å². The predicted octanol–water partition coefficient (Wildman–Crippen LogP) is 1.79. The van der Waals surface area contributed by atoms with Crippen molar-refractivity contribution in [2.45, 2.75) is 32.4 Å². The van der Waals surface area contributed by atoms with Crippen molar-refractivity contribution in [3.8, 4) is 5.75 Å². The van der Waals surface area contributed by atoms with E-state index in [1.54, 1.807) is 7.11 Å². The van der Waals surface area contributed by atoms with Crippen LogP contribution in [0.15, 0.2) is 24.3 Å². The van der Waals surface area contributed by atoms with Gasteiger partial charge in [-0.05, 0) is 43.6 Å². The molecule has 0 bridgehead atoms. The van der Waals surface area contributed by atoms with Crippen molar-refractivity contribution >= 4 is 0 Å². The second kappa shape index (κ2) is 7.48. The molecule has 0 saturated carbocycles. The molecule has 0 spiro atoms. The van der Waals surface area contributed by atoms with Crippen LogP contribution in [0.2, 0.25) is 0 Å². The lowest BCUT2D eigenvalue weighted by Crippen LogP contribution is -2.40. The van der Waals surface area contributed by atoms with E-state index >= 15 is 0 Å². The molecule has 0 radical (unpaired) electrons. The summed E-state index contributed by atoms with van der Waals surface area (Å²) >= 11 is 0. The number of hydrogen-bond acceptors (Lipinski definition) is 4. The van der Waals surface area contributed by atoms with Gasteiger partial charge in [-0.25, -0.2) is 0 Å². The van der Waals surface area contributed by atoms with E-state index in [1.807, 2.05) is 24.3 Å². The fourth-order valence-electron chi connectivity index (χ4n) is 2.41. The second-order valence-electron chi connectivity index (χ2n) is 4.89. The maximum Gasteiger partial charge on any atom is 0.118 e. The Bertz CT molecular complexity index is 361. The van der Waals surface area contributed by atoms with E-state index < -0.39 is 6.10 Å². The van der Waals surface area contributed by atoms with Crippen molar-refractivity contribution in [1.29, 1.82) is 0 Å². The lowest BCUT2D eigenvalue weighted by atomic mass is 10.0. The molecule has 1 saturated heterocycles. The molecular weight excluding hydrogens is 240 g/mol. The fourth-order valence-corrected chi connectivity index (χ4v) is 2.41. The number of nitrogens with two attached hydrogens (primary N) is 1. The lowest BCUT2D eigenvalue weighted by molar-refractivity contribution is 0.125. The number of benzene rings is 1. The zero-order valence-electron chi connectivity index (χ0n) is 10.9. The molecule has 19 heavy (non-hydrogen) atoms. The summed E-state index contributed by atoms with van der Waals surface area (Å²) in [4.78, 5) is 2.32. The van der Waals surface area contributed by atoms with Gasteiger partial charge in [0.1, 0.15) is 5.75 Å². The minimum atomic E-state index is -0.614. The molecule has 0 amide bonds. The van der Waals surface area contributed by atoms with Crippen LogP contribution < -0.4 is 10.5 Å². The number of hydrogen-bond donors (Lipinski definition) is 2. The highest BCUT2D eigenvalue weighted by molar-refractivity contribution is 5.29. The van der Waals surface area contributed by atoms with Gasteiger partial charge in [0.25, 0.3) is 0 Å². The summed E-state index contributed by atoms with van der Waals surface area (Å²) in [5, 5.41) is 10.2. The van der Waals surface area contributed by atoms with Crippen LogP contribution in [0.25, 0.3) is 0 Å².